The zero-order valence-corrected chi connectivity index (χ0v) is 10.8. The third kappa shape index (κ3) is 2.99. The Kier molecular flexibility index (Phi) is 4.05. The van der Waals surface area contributed by atoms with Crippen LogP contribution in [-0.4, -0.2) is 38.4 Å². The zero-order valence-electron chi connectivity index (χ0n) is 10.8. The quantitative estimate of drug-likeness (QED) is 0.758. The Hall–Kier alpha value is -0.610. The minimum atomic E-state index is -0.477. The highest BCUT2D eigenvalue weighted by Gasteiger charge is 2.42. The number of methoxy groups -OCH3 is 1. The second-order valence-electron chi connectivity index (χ2n) is 5.59. The van der Waals surface area contributed by atoms with Gasteiger partial charge < -0.3 is 14.8 Å². The van der Waals surface area contributed by atoms with Gasteiger partial charge in [-0.05, 0) is 51.0 Å². The van der Waals surface area contributed by atoms with Crippen LogP contribution in [0, 0.1) is 11.8 Å². The Balaban J connectivity index is 1.82. The van der Waals surface area contributed by atoms with E-state index in [0.29, 0.717) is 11.8 Å². The molecule has 2 aliphatic rings. The summed E-state index contributed by atoms with van der Waals surface area (Å²) in [6, 6.07) is 0. The predicted molar refractivity (Wildman–Crippen MR) is 64.7 cm³/mol. The molecule has 3 unspecified atom stereocenters. The summed E-state index contributed by atoms with van der Waals surface area (Å²) in [6.07, 6.45) is 4.50. The average Bonchev–Trinajstić information content (AvgIpc) is 2.72. The molecule has 0 aromatic heterocycles. The number of rotatable bonds is 3. The monoisotopic (exact) mass is 241 g/mol. The molecule has 0 radical (unpaired) electrons. The number of hydrogen-bond donors (Lipinski definition) is 1. The highest BCUT2D eigenvalue weighted by Crippen LogP contribution is 2.31. The van der Waals surface area contributed by atoms with Crippen molar-refractivity contribution < 1.29 is 14.3 Å². The van der Waals surface area contributed by atoms with E-state index in [1.54, 1.807) is 0 Å². The molecule has 17 heavy (non-hydrogen) atoms. The smallest absolute Gasteiger partial charge is 0.325 e. The van der Waals surface area contributed by atoms with Gasteiger partial charge in [-0.1, -0.05) is 0 Å². The first-order chi connectivity index (χ1) is 8.14. The van der Waals surface area contributed by atoms with Gasteiger partial charge in [-0.15, -0.1) is 0 Å². The second-order valence-corrected chi connectivity index (χ2v) is 5.59. The van der Waals surface area contributed by atoms with Crippen molar-refractivity contribution in [2.45, 2.75) is 38.1 Å². The van der Waals surface area contributed by atoms with Crippen molar-refractivity contribution in [3.8, 4) is 0 Å². The molecule has 2 rings (SSSR count). The van der Waals surface area contributed by atoms with Gasteiger partial charge in [0, 0.05) is 13.2 Å². The lowest BCUT2D eigenvalue weighted by atomic mass is 9.86. The summed E-state index contributed by atoms with van der Waals surface area (Å²) in [5.74, 6) is 1.11. The van der Waals surface area contributed by atoms with Crippen molar-refractivity contribution >= 4 is 5.97 Å². The van der Waals surface area contributed by atoms with Crippen LogP contribution in [-0.2, 0) is 14.3 Å². The lowest BCUT2D eigenvalue weighted by molar-refractivity contribution is -0.147. The lowest BCUT2D eigenvalue weighted by Gasteiger charge is -2.25. The van der Waals surface area contributed by atoms with Crippen LogP contribution >= 0.6 is 0 Å². The summed E-state index contributed by atoms with van der Waals surface area (Å²) >= 11 is 0. The third-order valence-electron chi connectivity index (χ3n) is 4.04. The van der Waals surface area contributed by atoms with Gasteiger partial charge >= 0.3 is 5.97 Å². The van der Waals surface area contributed by atoms with E-state index in [-0.39, 0.29) is 5.97 Å². The Morgan fingerprint density at radius 2 is 2.35 bits per heavy atom. The maximum Gasteiger partial charge on any atom is 0.325 e. The van der Waals surface area contributed by atoms with Crippen LogP contribution in [0.3, 0.4) is 0 Å². The van der Waals surface area contributed by atoms with Gasteiger partial charge in [-0.3, -0.25) is 4.79 Å². The van der Waals surface area contributed by atoms with Crippen LogP contribution in [0.1, 0.15) is 32.6 Å². The maximum atomic E-state index is 11.7. The molecule has 2 fully saturated rings. The predicted octanol–water partition coefficient (Wildman–Crippen LogP) is 1.34. The topological polar surface area (TPSA) is 47.6 Å². The summed E-state index contributed by atoms with van der Waals surface area (Å²) in [5.41, 5.74) is -0.477. The first-order valence-electron chi connectivity index (χ1n) is 6.55. The minimum absolute atomic E-state index is 0.139. The second kappa shape index (κ2) is 5.36. The molecule has 3 atom stereocenters. The van der Waals surface area contributed by atoms with E-state index in [1.165, 1.54) is 26.4 Å². The summed E-state index contributed by atoms with van der Waals surface area (Å²) in [5, 5.41) is 3.31. The number of nitrogens with one attached hydrogen (secondary N) is 1. The molecule has 0 amide bonds. The van der Waals surface area contributed by atoms with Crippen LogP contribution in [0.5, 0.6) is 0 Å². The van der Waals surface area contributed by atoms with E-state index in [9.17, 15) is 4.79 Å². The first kappa shape index (κ1) is 12.8. The summed E-state index contributed by atoms with van der Waals surface area (Å²) in [6.45, 7) is 4.67. The molecule has 4 heteroatoms. The fourth-order valence-corrected chi connectivity index (χ4v) is 3.10. The van der Waals surface area contributed by atoms with Gasteiger partial charge in [-0.25, -0.2) is 0 Å². The highest BCUT2D eigenvalue weighted by atomic mass is 16.5. The number of carbonyl (C=O) groups excluding carboxylic acids is 1. The van der Waals surface area contributed by atoms with Gasteiger partial charge in [0.05, 0.1) is 7.11 Å². The Morgan fingerprint density at radius 1 is 1.53 bits per heavy atom. The summed E-state index contributed by atoms with van der Waals surface area (Å²) < 4.78 is 10.4. The van der Waals surface area contributed by atoms with Crippen LogP contribution in [0.15, 0.2) is 0 Å². The van der Waals surface area contributed by atoms with E-state index in [4.69, 9.17) is 9.47 Å². The van der Waals surface area contributed by atoms with E-state index in [2.05, 4.69) is 5.32 Å². The van der Waals surface area contributed by atoms with E-state index in [1.807, 2.05) is 6.92 Å². The van der Waals surface area contributed by atoms with Crippen molar-refractivity contribution in [3.05, 3.63) is 0 Å². The van der Waals surface area contributed by atoms with Crippen LogP contribution < -0.4 is 5.32 Å². The largest absolute Gasteiger partial charge is 0.468 e. The van der Waals surface area contributed by atoms with Crippen molar-refractivity contribution in [3.63, 3.8) is 0 Å². The van der Waals surface area contributed by atoms with E-state index < -0.39 is 5.54 Å². The van der Waals surface area contributed by atoms with Crippen molar-refractivity contribution in [2.75, 3.05) is 26.9 Å². The first-order valence-corrected chi connectivity index (χ1v) is 6.55. The van der Waals surface area contributed by atoms with Gasteiger partial charge in [-0.2, -0.15) is 0 Å². The van der Waals surface area contributed by atoms with Gasteiger partial charge in [0.15, 0.2) is 0 Å². The van der Waals surface area contributed by atoms with Crippen molar-refractivity contribution in [2.24, 2.45) is 11.8 Å². The molecule has 0 spiro atoms. The summed E-state index contributed by atoms with van der Waals surface area (Å²) in [7, 11) is 1.46. The lowest BCUT2D eigenvalue weighted by Crippen LogP contribution is -2.45. The summed E-state index contributed by atoms with van der Waals surface area (Å²) in [4.78, 5) is 11.7. The SMILES string of the molecule is COC(=O)C1(C)CC(CC2CCCOC2)CN1. The van der Waals surface area contributed by atoms with E-state index >= 15 is 0 Å². The van der Waals surface area contributed by atoms with Crippen LogP contribution in [0.25, 0.3) is 0 Å². The maximum absolute atomic E-state index is 11.7. The van der Waals surface area contributed by atoms with E-state index in [0.717, 1.165) is 26.2 Å². The molecule has 2 aliphatic heterocycles. The highest BCUT2D eigenvalue weighted by molar-refractivity contribution is 5.80. The molecule has 0 aliphatic carbocycles. The number of carbonyl (C=O) groups is 1. The molecule has 4 nitrogen and oxygen atoms in total. The molecule has 98 valence electrons. The minimum Gasteiger partial charge on any atom is -0.468 e. The third-order valence-corrected chi connectivity index (χ3v) is 4.04. The molecule has 2 saturated heterocycles. The molecule has 0 aromatic carbocycles. The average molecular weight is 241 g/mol. The number of ether oxygens (including phenoxy) is 2. The molecule has 0 saturated carbocycles. The molecule has 2 heterocycles. The standard InChI is InChI=1S/C13H23NO3/c1-13(12(15)16-2)7-11(8-14-13)6-10-4-3-5-17-9-10/h10-11,14H,3-9H2,1-2H3. The number of hydrogen-bond acceptors (Lipinski definition) is 4. The van der Waals surface area contributed by atoms with Gasteiger partial charge in [0.2, 0.25) is 0 Å². The molecule has 0 aromatic rings. The van der Waals surface area contributed by atoms with Crippen LogP contribution in [0.4, 0.5) is 0 Å². The van der Waals surface area contributed by atoms with Crippen LogP contribution in [0.2, 0.25) is 0 Å². The van der Waals surface area contributed by atoms with Crippen molar-refractivity contribution in [1.82, 2.24) is 5.32 Å². The molecule has 0 bridgehead atoms. The Bertz CT molecular complexity index is 276. The zero-order chi connectivity index (χ0) is 12.3. The Labute approximate surface area is 103 Å². The molecule has 1 N–H and O–H groups in total. The number of esters is 1. The fourth-order valence-electron chi connectivity index (χ4n) is 3.10. The fraction of sp³-hybridized carbons (Fsp3) is 0.923. The van der Waals surface area contributed by atoms with Gasteiger partial charge in [0.25, 0.3) is 0 Å². The van der Waals surface area contributed by atoms with Crippen molar-refractivity contribution in [1.29, 1.82) is 0 Å². The Morgan fingerprint density at radius 3 is 3.00 bits per heavy atom. The van der Waals surface area contributed by atoms with Gasteiger partial charge in [0.1, 0.15) is 5.54 Å². The molecular formula is C13H23NO3. The molecular weight excluding hydrogens is 218 g/mol. The normalized spacial score (nSPS) is 38.0.